The maximum atomic E-state index is 12.4. The van der Waals surface area contributed by atoms with Gasteiger partial charge >= 0.3 is 0 Å². The zero-order valence-electron chi connectivity index (χ0n) is 12.6. The number of hydrogen-bond donors (Lipinski definition) is 1. The summed E-state index contributed by atoms with van der Waals surface area (Å²) in [5.41, 5.74) is 0.898. The van der Waals surface area contributed by atoms with Crippen LogP contribution < -0.4 is 5.32 Å². The third-order valence-electron chi connectivity index (χ3n) is 4.30. The Morgan fingerprint density at radius 1 is 1.23 bits per heavy atom. The topological polar surface area (TPSA) is 56.1 Å². The molecular formula is C17H21N3O2. The number of nitrogens with one attached hydrogen (secondary N) is 1. The van der Waals surface area contributed by atoms with E-state index in [1.807, 2.05) is 36.7 Å². The van der Waals surface area contributed by atoms with Gasteiger partial charge in [0.1, 0.15) is 0 Å². The van der Waals surface area contributed by atoms with Crippen molar-refractivity contribution < 1.29 is 9.53 Å². The molecule has 3 rings (SSSR count). The lowest BCUT2D eigenvalue weighted by Gasteiger charge is -2.38. The Morgan fingerprint density at radius 3 is 2.59 bits per heavy atom. The first-order valence-corrected chi connectivity index (χ1v) is 7.65. The van der Waals surface area contributed by atoms with Crippen LogP contribution in [0.3, 0.4) is 0 Å². The summed E-state index contributed by atoms with van der Waals surface area (Å²) in [5, 5.41) is 3.01. The van der Waals surface area contributed by atoms with Crippen LogP contribution in [0.4, 0.5) is 0 Å². The molecule has 1 aliphatic rings. The monoisotopic (exact) mass is 299 g/mol. The van der Waals surface area contributed by atoms with Crippen LogP contribution in [-0.2, 0) is 21.6 Å². The molecular weight excluding hydrogens is 278 g/mol. The second-order valence-electron chi connectivity index (χ2n) is 5.74. The molecule has 2 aromatic heterocycles. The zero-order chi connectivity index (χ0) is 15.3. The largest absolute Gasteiger partial charge is 0.381 e. The zero-order valence-corrected chi connectivity index (χ0v) is 12.6. The molecule has 2 aromatic rings. The van der Waals surface area contributed by atoms with Crippen molar-refractivity contribution in [1.29, 1.82) is 0 Å². The Balaban J connectivity index is 1.64. The normalized spacial score (nSPS) is 17.1. The Labute approximate surface area is 130 Å². The quantitative estimate of drug-likeness (QED) is 0.920. The van der Waals surface area contributed by atoms with Crippen molar-refractivity contribution in [2.75, 3.05) is 13.2 Å². The fraction of sp³-hybridized carbons (Fsp3) is 0.412. The first-order valence-electron chi connectivity index (χ1n) is 7.65. The van der Waals surface area contributed by atoms with Crippen LogP contribution in [0.5, 0.6) is 0 Å². The molecule has 1 N–H and O–H groups in total. The Hall–Kier alpha value is -2.14. The maximum absolute atomic E-state index is 12.4. The predicted molar refractivity (Wildman–Crippen MR) is 83.2 cm³/mol. The van der Waals surface area contributed by atoms with Crippen LogP contribution in [-0.4, -0.2) is 28.7 Å². The number of ether oxygens (including phenoxy) is 1. The van der Waals surface area contributed by atoms with Gasteiger partial charge in [0, 0.05) is 44.5 Å². The lowest BCUT2D eigenvalue weighted by atomic mass is 9.86. The Kier molecular flexibility index (Phi) is 4.53. The number of amides is 1. The number of rotatable bonds is 5. The highest BCUT2D eigenvalue weighted by Crippen LogP contribution is 2.32. The van der Waals surface area contributed by atoms with E-state index in [2.05, 4.69) is 14.9 Å². The van der Waals surface area contributed by atoms with E-state index in [9.17, 15) is 4.79 Å². The number of hydrogen-bond acceptors (Lipinski definition) is 3. The number of carbonyl (C=O) groups excluding carboxylic acids is 1. The fourth-order valence-corrected chi connectivity index (χ4v) is 2.99. The van der Waals surface area contributed by atoms with Gasteiger partial charge in [-0.2, -0.15) is 0 Å². The van der Waals surface area contributed by atoms with Gasteiger partial charge in [0.15, 0.2) is 0 Å². The summed E-state index contributed by atoms with van der Waals surface area (Å²) in [4.78, 5) is 16.4. The average molecular weight is 299 g/mol. The van der Waals surface area contributed by atoms with Crippen molar-refractivity contribution in [1.82, 2.24) is 14.9 Å². The van der Waals surface area contributed by atoms with E-state index in [1.165, 1.54) is 0 Å². The van der Waals surface area contributed by atoms with E-state index in [1.54, 1.807) is 12.4 Å². The van der Waals surface area contributed by atoms with Crippen LogP contribution in [0.1, 0.15) is 24.8 Å². The van der Waals surface area contributed by atoms with E-state index in [-0.39, 0.29) is 11.4 Å². The van der Waals surface area contributed by atoms with Gasteiger partial charge in [-0.25, -0.2) is 0 Å². The third-order valence-corrected chi connectivity index (χ3v) is 4.30. The number of nitrogens with zero attached hydrogens (tertiary/aromatic N) is 2. The number of carbonyl (C=O) groups is 1. The Morgan fingerprint density at radius 2 is 1.91 bits per heavy atom. The molecule has 116 valence electrons. The standard InChI is InChI=1S/C17H21N3O2/c21-16(19-14-15-3-7-18-8-4-15)13-17(5-11-22-12-6-17)20-9-1-2-10-20/h1-4,7-10H,5-6,11-14H2,(H,19,21). The summed E-state index contributed by atoms with van der Waals surface area (Å²) in [6.45, 7) is 1.95. The second kappa shape index (κ2) is 6.75. The lowest BCUT2D eigenvalue weighted by Crippen LogP contribution is -2.43. The highest BCUT2D eigenvalue weighted by Gasteiger charge is 2.35. The molecule has 1 saturated heterocycles. The molecule has 3 heterocycles. The van der Waals surface area contributed by atoms with Crippen LogP contribution in [0.25, 0.3) is 0 Å². The van der Waals surface area contributed by atoms with E-state index in [0.717, 1.165) is 18.4 Å². The van der Waals surface area contributed by atoms with Gasteiger partial charge in [0.05, 0.1) is 12.0 Å². The predicted octanol–water partition coefficient (Wildman–Crippen LogP) is 2.10. The molecule has 0 atom stereocenters. The van der Waals surface area contributed by atoms with Crippen molar-refractivity contribution in [3.8, 4) is 0 Å². The van der Waals surface area contributed by atoms with Gasteiger partial charge in [-0.15, -0.1) is 0 Å². The number of aromatic nitrogens is 2. The van der Waals surface area contributed by atoms with E-state index < -0.39 is 0 Å². The smallest absolute Gasteiger partial charge is 0.222 e. The Bertz CT molecular complexity index is 590. The highest BCUT2D eigenvalue weighted by atomic mass is 16.5. The molecule has 1 aliphatic heterocycles. The van der Waals surface area contributed by atoms with Gasteiger partial charge in [0.2, 0.25) is 5.91 Å². The highest BCUT2D eigenvalue weighted by molar-refractivity contribution is 5.77. The van der Waals surface area contributed by atoms with Crippen LogP contribution in [0.15, 0.2) is 49.1 Å². The molecule has 0 bridgehead atoms. The summed E-state index contributed by atoms with van der Waals surface area (Å²) in [7, 11) is 0. The lowest BCUT2D eigenvalue weighted by molar-refractivity contribution is -0.124. The van der Waals surface area contributed by atoms with Gasteiger partial charge in [0.25, 0.3) is 0 Å². The average Bonchev–Trinajstić information content (AvgIpc) is 3.10. The molecule has 0 spiro atoms. The number of pyridine rings is 1. The fourth-order valence-electron chi connectivity index (χ4n) is 2.99. The van der Waals surface area contributed by atoms with E-state index >= 15 is 0 Å². The van der Waals surface area contributed by atoms with Gasteiger partial charge < -0.3 is 14.6 Å². The minimum atomic E-state index is -0.163. The van der Waals surface area contributed by atoms with Crippen molar-refractivity contribution in [3.05, 3.63) is 54.6 Å². The molecule has 0 radical (unpaired) electrons. The molecule has 1 amide bonds. The van der Waals surface area contributed by atoms with E-state index in [4.69, 9.17) is 4.74 Å². The molecule has 5 nitrogen and oxygen atoms in total. The molecule has 1 fully saturated rings. The van der Waals surface area contributed by atoms with Crippen molar-refractivity contribution in [2.45, 2.75) is 31.3 Å². The molecule has 5 heteroatoms. The van der Waals surface area contributed by atoms with Gasteiger partial charge in [-0.3, -0.25) is 9.78 Å². The molecule has 22 heavy (non-hydrogen) atoms. The first-order chi connectivity index (χ1) is 10.8. The molecule has 0 aliphatic carbocycles. The van der Waals surface area contributed by atoms with Crippen molar-refractivity contribution >= 4 is 5.91 Å². The van der Waals surface area contributed by atoms with Crippen LogP contribution in [0, 0.1) is 0 Å². The molecule has 0 saturated carbocycles. The summed E-state index contributed by atoms with van der Waals surface area (Å²) < 4.78 is 7.65. The summed E-state index contributed by atoms with van der Waals surface area (Å²) in [6.07, 6.45) is 9.77. The van der Waals surface area contributed by atoms with Crippen LogP contribution >= 0.6 is 0 Å². The maximum Gasteiger partial charge on any atom is 0.222 e. The minimum Gasteiger partial charge on any atom is -0.381 e. The third kappa shape index (κ3) is 3.36. The van der Waals surface area contributed by atoms with Gasteiger partial charge in [-0.05, 0) is 42.7 Å². The molecule has 0 unspecified atom stereocenters. The first kappa shape index (κ1) is 14.8. The van der Waals surface area contributed by atoms with Crippen LogP contribution in [0.2, 0.25) is 0 Å². The van der Waals surface area contributed by atoms with Gasteiger partial charge in [-0.1, -0.05) is 0 Å². The SMILES string of the molecule is O=C(CC1(n2cccc2)CCOCC1)NCc1ccncc1. The second-order valence-corrected chi connectivity index (χ2v) is 5.74. The van der Waals surface area contributed by atoms with Crippen molar-refractivity contribution in [3.63, 3.8) is 0 Å². The minimum absolute atomic E-state index is 0.0763. The van der Waals surface area contributed by atoms with E-state index in [0.29, 0.717) is 26.2 Å². The summed E-state index contributed by atoms with van der Waals surface area (Å²) in [6, 6.07) is 7.84. The summed E-state index contributed by atoms with van der Waals surface area (Å²) >= 11 is 0. The molecule has 0 aromatic carbocycles. The van der Waals surface area contributed by atoms with Crippen molar-refractivity contribution in [2.24, 2.45) is 0 Å². The summed E-state index contributed by atoms with van der Waals surface area (Å²) in [5.74, 6) is 0.0763.